The van der Waals surface area contributed by atoms with Crippen molar-refractivity contribution in [3.63, 3.8) is 0 Å². The number of benzene rings is 1. The minimum absolute atomic E-state index is 0.448. The zero-order valence-corrected chi connectivity index (χ0v) is 10.3. The molecule has 1 heterocycles. The molecule has 0 aliphatic heterocycles. The van der Waals surface area contributed by atoms with Crippen LogP contribution in [0, 0.1) is 0 Å². The summed E-state index contributed by atoms with van der Waals surface area (Å²) in [5.41, 5.74) is 6.40. The molecule has 17 heavy (non-hydrogen) atoms. The highest BCUT2D eigenvalue weighted by molar-refractivity contribution is 9.10. The molecule has 1 amide bonds. The van der Waals surface area contributed by atoms with Gasteiger partial charge in [-0.1, -0.05) is 0 Å². The van der Waals surface area contributed by atoms with Crippen LogP contribution >= 0.6 is 15.9 Å². The first-order valence-electron chi connectivity index (χ1n) is 4.79. The number of halogens is 1. The number of anilines is 2. The van der Waals surface area contributed by atoms with Crippen molar-refractivity contribution in [3.8, 4) is 0 Å². The van der Waals surface area contributed by atoms with Crippen LogP contribution in [0.2, 0.25) is 0 Å². The molecule has 3 N–H and O–H groups in total. The molecule has 0 bridgehead atoms. The van der Waals surface area contributed by atoms with E-state index < -0.39 is 5.91 Å². The third-order valence-corrected chi connectivity index (χ3v) is 2.46. The monoisotopic (exact) mass is 292 g/mol. The van der Waals surface area contributed by atoms with Crippen LogP contribution in [-0.4, -0.2) is 15.9 Å². The Hall–Kier alpha value is -1.95. The number of nitrogens with zero attached hydrogens (tertiary/aromatic N) is 2. The summed E-state index contributed by atoms with van der Waals surface area (Å²) in [6, 6.07) is 6.77. The maximum atomic E-state index is 10.9. The average Bonchev–Trinajstić information content (AvgIpc) is 2.33. The summed E-state index contributed by atoms with van der Waals surface area (Å²) in [7, 11) is 0. The fourth-order valence-corrected chi connectivity index (χ4v) is 1.43. The number of hydrogen-bond acceptors (Lipinski definition) is 4. The van der Waals surface area contributed by atoms with Crippen molar-refractivity contribution in [2.24, 2.45) is 5.73 Å². The van der Waals surface area contributed by atoms with Gasteiger partial charge in [0.2, 0.25) is 11.9 Å². The molecule has 0 aliphatic rings. The molecule has 0 atom stereocenters. The number of carbonyl (C=O) groups is 1. The fourth-order valence-electron chi connectivity index (χ4n) is 1.22. The Bertz CT molecular complexity index is 524. The maximum Gasteiger partial charge on any atom is 0.248 e. The normalized spacial score (nSPS) is 9.94. The zero-order chi connectivity index (χ0) is 12.3. The highest BCUT2D eigenvalue weighted by Crippen LogP contribution is 2.14. The number of hydrogen-bond donors (Lipinski definition) is 2. The number of nitrogens with one attached hydrogen (secondary N) is 1. The van der Waals surface area contributed by atoms with Crippen LogP contribution in [0.4, 0.5) is 11.6 Å². The molecule has 0 saturated heterocycles. The number of rotatable bonds is 3. The van der Waals surface area contributed by atoms with Gasteiger partial charge in [-0.15, -0.1) is 0 Å². The van der Waals surface area contributed by atoms with E-state index in [9.17, 15) is 4.79 Å². The Morgan fingerprint density at radius 2 is 1.76 bits per heavy atom. The minimum atomic E-state index is -0.448. The molecule has 0 aliphatic carbocycles. The lowest BCUT2D eigenvalue weighted by molar-refractivity contribution is 0.100. The molecular weight excluding hydrogens is 284 g/mol. The maximum absolute atomic E-state index is 10.9. The molecule has 2 rings (SSSR count). The standard InChI is InChI=1S/C11H9BrN4O/c12-8-5-14-11(15-6-8)16-9-3-1-7(2-4-9)10(13)17/h1-6H,(H2,13,17)(H,14,15,16). The first-order valence-corrected chi connectivity index (χ1v) is 5.59. The van der Waals surface area contributed by atoms with Crippen molar-refractivity contribution in [2.75, 3.05) is 5.32 Å². The first kappa shape index (κ1) is 11.5. The van der Waals surface area contributed by atoms with Crippen LogP contribution in [0.25, 0.3) is 0 Å². The van der Waals surface area contributed by atoms with E-state index in [1.54, 1.807) is 36.7 Å². The van der Waals surface area contributed by atoms with Gasteiger partial charge in [-0.05, 0) is 40.2 Å². The van der Waals surface area contributed by atoms with E-state index in [0.717, 1.165) is 10.2 Å². The van der Waals surface area contributed by atoms with Gasteiger partial charge in [0.05, 0.1) is 4.47 Å². The van der Waals surface area contributed by atoms with E-state index in [1.807, 2.05) is 0 Å². The van der Waals surface area contributed by atoms with E-state index in [0.29, 0.717) is 11.5 Å². The first-order chi connectivity index (χ1) is 8.15. The van der Waals surface area contributed by atoms with E-state index in [-0.39, 0.29) is 0 Å². The van der Waals surface area contributed by atoms with E-state index in [4.69, 9.17) is 5.73 Å². The molecule has 2 aromatic rings. The molecule has 1 aromatic carbocycles. The van der Waals surface area contributed by atoms with Gasteiger partial charge < -0.3 is 11.1 Å². The van der Waals surface area contributed by atoms with Crippen LogP contribution < -0.4 is 11.1 Å². The molecular formula is C11H9BrN4O. The Morgan fingerprint density at radius 1 is 1.18 bits per heavy atom. The second kappa shape index (κ2) is 4.92. The van der Waals surface area contributed by atoms with Gasteiger partial charge in [0.25, 0.3) is 0 Å². The van der Waals surface area contributed by atoms with E-state index >= 15 is 0 Å². The molecule has 0 unspecified atom stereocenters. The predicted molar refractivity (Wildman–Crippen MR) is 68.0 cm³/mol. The quantitative estimate of drug-likeness (QED) is 0.908. The molecule has 0 saturated carbocycles. The summed E-state index contributed by atoms with van der Waals surface area (Å²) in [5.74, 6) is 0.0384. The van der Waals surface area contributed by atoms with Crippen LogP contribution in [0.1, 0.15) is 10.4 Å². The third-order valence-electron chi connectivity index (χ3n) is 2.05. The molecule has 0 radical (unpaired) electrons. The Labute approximate surface area is 106 Å². The smallest absolute Gasteiger partial charge is 0.248 e. The van der Waals surface area contributed by atoms with Crippen molar-refractivity contribution in [1.82, 2.24) is 9.97 Å². The van der Waals surface area contributed by atoms with Crippen molar-refractivity contribution in [3.05, 3.63) is 46.7 Å². The highest BCUT2D eigenvalue weighted by atomic mass is 79.9. The summed E-state index contributed by atoms with van der Waals surface area (Å²) in [4.78, 5) is 19.0. The van der Waals surface area contributed by atoms with Crippen LogP contribution in [0.3, 0.4) is 0 Å². The van der Waals surface area contributed by atoms with Crippen molar-refractivity contribution in [1.29, 1.82) is 0 Å². The number of carbonyl (C=O) groups excluding carboxylic acids is 1. The second-order valence-corrected chi connectivity index (χ2v) is 4.21. The molecule has 0 spiro atoms. The lowest BCUT2D eigenvalue weighted by Crippen LogP contribution is -2.10. The lowest BCUT2D eigenvalue weighted by Gasteiger charge is -2.04. The molecule has 6 heteroatoms. The Kier molecular flexibility index (Phi) is 3.34. The average molecular weight is 293 g/mol. The number of primary amides is 1. The Morgan fingerprint density at radius 3 is 2.29 bits per heavy atom. The summed E-state index contributed by atoms with van der Waals surface area (Å²) in [5, 5.41) is 3.00. The van der Waals surface area contributed by atoms with E-state index in [1.165, 1.54) is 0 Å². The summed E-state index contributed by atoms with van der Waals surface area (Å²) in [6.45, 7) is 0. The van der Waals surface area contributed by atoms with Gasteiger partial charge in [-0.25, -0.2) is 9.97 Å². The van der Waals surface area contributed by atoms with Crippen LogP contribution in [-0.2, 0) is 0 Å². The SMILES string of the molecule is NC(=O)c1ccc(Nc2ncc(Br)cn2)cc1. The fraction of sp³-hybridized carbons (Fsp3) is 0. The lowest BCUT2D eigenvalue weighted by atomic mass is 10.2. The Balaban J connectivity index is 2.13. The van der Waals surface area contributed by atoms with Gasteiger partial charge in [0.1, 0.15) is 0 Å². The largest absolute Gasteiger partial charge is 0.366 e. The number of amides is 1. The van der Waals surface area contributed by atoms with Gasteiger partial charge in [-0.3, -0.25) is 4.79 Å². The van der Waals surface area contributed by atoms with Gasteiger partial charge in [0, 0.05) is 23.6 Å². The van der Waals surface area contributed by atoms with E-state index in [2.05, 4.69) is 31.2 Å². The summed E-state index contributed by atoms with van der Waals surface area (Å²) in [6.07, 6.45) is 3.29. The van der Waals surface area contributed by atoms with Crippen molar-refractivity contribution < 1.29 is 4.79 Å². The van der Waals surface area contributed by atoms with Crippen LogP contribution in [0.5, 0.6) is 0 Å². The van der Waals surface area contributed by atoms with Gasteiger partial charge >= 0.3 is 0 Å². The predicted octanol–water partition coefficient (Wildman–Crippen LogP) is 2.08. The molecule has 1 aromatic heterocycles. The molecule has 86 valence electrons. The van der Waals surface area contributed by atoms with Crippen LogP contribution in [0.15, 0.2) is 41.1 Å². The second-order valence-electron chi connectivity index (χ2n) is 3.29. The molecule has 5 nitrogen and oxygen atoms in total. The number of aromatic nitrogens is 2. The van der Waals surface area contributed by atoms with Gasteiger partial charge in [0.15, 0.2) is 0 Å². The molecule has 0 fully saturated rings. The summed E-state index contributed by atoms with van der Waals surface area (Å²) < 4.78 is 0.812. The minimum Gasteiger partial charge on any atom is -0.366 e. The van der Waals surface area contributed by atoms with Crippen molar-refractivity contribution in [2.45, 2.75) is 0 Å². The van der Waals surface area contributed by atoms with Crippen molar-refractivity contribution >= 4 is 33.5 Å². The topological polar surface area (TPSA) is 80.9 Å². The van der Waals surface area contributed by atoms with Gasteiger partial charge in [-0.2, -0.15) is 0 Å². The summed E-state index contributed by atoms with van der Waals surface area (Å²) >= 11 is 3.25. The third kappa shape index (κ3) is 3.01. The number of nitrogens with two attached hydrogens (primary N) is 1. The highest BCUT2D eigenvalue weighted by Gasteiger charge is 2.01. The zero-order valence-electron chi connectivity index (χ0n) is 8.72.